The van der Waals surface area contributed by atoms with Gasteiger partial charge in [-0.15, -0.1) is 0 Å². The van der Waals surface area contributed by atoms with Gasteiger partial charge < -0.3 is 19.9 Å². The minimum absolute atomic E-state index is 0.569. The highest BCUT2D eigenvalue weighted by atomic mass is 16.5. The number of nitrogens with two attached hydrogens (primary N) is 1. The summed E-state index contributed by atoms with van der Waals surface area (Å²) in [4.78, 5) is 0. The van der Waals surface area contributed by atoms with Crippen molar-refractivity contribution in [2.45, 2.75) is 26.2 Å². The van der Waals surface area contributed by atoms with E-state index in [1.807, 2.05) is 0 Å². The molecule has 0 saturated heterocycles. The van der Waals surface area contributed by atoms with Crippen molar-refractivity contribution in [1.82, 2.24) is 0 Å². The second-order valence-electron chi connectivity index (χ2n) is 3.80. The number of hydrogen-bond acceptors (Lipinski definition) is 4. The summed E-state index contributed by atoms with van der Waals surface area (Å²) in [6.45, 7) is 2.83. The van der Waals surface area contributed by atoms with Gasteiger partial charge in [0.1, 0.15) is 5.75 Å². The van der Waals surface area contributed by atoms with E-state index in [4.69, 9.17) is 19.9 Å². The van der Waals surface area contributed by atoms with Crippen LogP contribution >= 0.6 is 0 Å². The molecule has 2 N–H and O–H groups in total. The van der Waals surface area contributed by atoms with Gasteiger partial charge in [0.05, 0.1) is 26.5 Å². The Morgan fingerprint density at radius 3 is 2.24 bits per heavy atom. The van der Waals surface area contributed by atoms with Gasteiger partial charge in [0.25, 0.3) is 0 Å². The number of unbranched alkanes of at least 4 members (excludes halogenated alkanes) is 2. The molecule has 4 heteroatoms. The van der Waals surface area contributed by atoms with Crippen LogP contribution in [0, 0.1) is 0 Å². The van der Waals surface area contributed by atoms with Crippen LogP contribution in [0.5, 0.6) is 17.2 Å². The van der Waals surface area contributed by atoms with Crippen molar-refractivity contribution < 1.29 is 14.2 Å². The second-order valence-corrected chi connectivity index (χ2v) is 3.80. The van der Waals surface area contributed by atoms with Crippen molar-refractivity contribution >= 4 is 5.69 Å². The Morgan fingerprint density at radius 2 is 1.65 bits per heavy atom. The fraction of sp³-hybridized carbons (Fsp3) is 0.538. The maximum Gasteiger partial charge on any atom is 0.164 e. The smallest absolute Gasteiger partial charge is 0.164 e. The Hall–Kier alpha value is -1.58. The molecule has 0 radical (unpaired) electrons. The van der Waals surface area contributed by atoms with Crippen molar-refractivity contribution in [3.63, 3.8) is 0 Å². The Morgan fingerprint density at radius 1 is 1.00 bits per heavy atom. The monoisotopic (exact) mass is 239 g/mol. The standard InChI is InChI=1S/C13H21NO3/c1-4-5-6-7-17-11-9-13(16-3)12(15-2)8-10(11)14/h8-9H,4-7,14H2,1-3H3. The Balaban J connectivity index is 2.71. The van der Waals surface area contributed by atoms with Crippen molar-refractivity contribution in [1.29, 1.82) is 0 Å². The van der Waals surface area contributed by atoms with E-state index in [-0.39, 0.29) is 0 Å². The lowest BCUT2D eigenvalue weighted by atomic mass is 10.2. The first-order valence-electron chi connectivity index (χ1n) is 5.87. The molecule has 0 saturated carbocycles. The number of ether oxygens (including phenoxy) is 3. The average molecular weight is 239 g/mol. The molecule has 96 valence electrons. The molecule has 1 aromatic carbocycles. The molecule has 17 heavy (non-hydrogen) atoms. The molecule has 0 aromatic heterocycles. The zero-order valence-corrected chi connectivity index (χ0v) is 10.8. The number of benzene rings is 1. The van der Waals surface area contributed by atoms with Gasteiger partial charge in [0.15, 0.2) is 11.5 Å². The van der Waals surface area contributed by atoms with E-state index in [0.29, 0.717) is 29.5 Å². The minimum Gasteiger partial charge on any atom is -0.493 e. The van der Waals surface area contributed by atoms with Gasteiger partial charge in [-0.1, -0.05) is 19.8 Å². The molecule has 0 unspecified atom stereocenters. The van der Waals surface area contributed by atoms with Gasteiger partial charge >= 0.3 is 0 Å². The number of rotatable bonds is 7. The Labute approximate surface area is 103 Å². The van der Waals surface area contributed by atoms with Gasteiger partial charge in [0.2, 0.25) is 0 Å². The topological polar surface area (TPSA) is 53.7 Å². The summed E-state index contributed by atoms with van der Waals surface area (Å²) in [6, 6.07) is 3.48. The Bertz CT molecular complexity index is 353. The van der Waals surface area contributed by atoms with Gasteiger partial charge in [-0.05, 0) is 6.42 Å². The largest absolute Gasteiger partial charge is 0.493 e. The van der Waals surface area contributed by atoms with Crippen molar-refractivity contribution in [3.8, 4) is 17.2 Å². The molecule has 1 aromatic rings. The van der Waals surface area contributed by atoms with Crippen LogP contribution < -0.4 is 19.9 Å². The van der Waals surface area contributed by atoms with E-state index >= 15 is 0 Å². The first kappa shape index (κ1) is 13.5. The summed E-state index contributed by atoms with van der Waals surface area (Å²) in [5, 5.41) is 0. The number of methoxy groups -OCH3 is 2. The molecule has 0 fully saturated rings. The van der Waals surface area contributed by atoms with Crippen LogP contribution in [-0.2, 0) is 0 Å². The van der Waals surface area contributed by atoms with E-state index in [0.717, 1.165) is 12.8 Å². The summed E-state index contributed by atoms with van der Waals surface area (Å²) < 4.78 is 16.0. The first-order valence-corrected chi connectivity index (χ1v) is 5.87. The van der Waals surface area contributed by atoms with Crippen LogP contribution in [0.1, 0.15) is 26.2 Å². The molecule has 1 rings (SSSR count). The lowest BCUT2D eigenvalue weighted by Gasteiger charge is -2.13. The molecule has 0 spiro atoms. The predicted octanol–water partition coefficient (Wildman–Crippen LogP) is 2.86. The summed E-state index contributed by atoms with van der Waals surface area (Å²) in [7, 11) is 3.17. The highest BCUT2D eigenvalue weighted by Crippen LogP contribution is 2.36. The van der Waals surface area contributed by atoms with E-state index < -0.39 is 0 Å². The van der Waals surface area contributed by atoms with E-state index in [9.17, 15) is 0 Å². The third-order valence-corrected chi connectivity index (χ3v) is 2.52. The molecular formula is C13H21NO3. The molecular weight excluding hydrogens is 218 g/mol. The molecule has 0 atom stereocenters. The molecule has 0 aliphatic rings. The summed E-state index contributed by atoms with van der Waals surface area (Å²) >= 11 is 0. The summed E-state index contributed by atoms with van der Waals surface area (Å²) in [6.07, 6.45) is 3.36. The molecule has 0 amide bonds. The number of anilines is 1. The lowest BCUT2D eigenvalue weighted by Crippen LogP contribution is -2.01. The fourth-order valence-electron chi connectivity index (χ4n) is 1.54. The zero-order valence-electron chi connectivity index (χ0n) is 10.8. The first-order chi connectivity index (χ1) is 8.22. The van der Waals surface area contributed by atoms with Crippen LogP contribution in [0.15, 0.2) is 12.1 Å². The normalized spacial score (nSPS) is 10.1. The SMILES string of the molecule is CCCCCOc1cc(OC)c(OC)cc1N. The third kappa shape index (κ3) is 3.73. The van der Waals surface area contributed by atoms with Gasteiger partial charge in [-0.25, -0.2) is 0 Å². The third-order valence-electron chi connectivity index (χ3n) is 2.52. The molecule has 4 nitrogen and oxygen atoms in total. The molecule has 0 aliphatic heterocycles. The molecule has 0 bridgehead atoms. The Kier molecular flexibility index (Phi) is 5.46. The highest BCUT2D eigenvalue weighted by Gasteiger charge is 2.09. The maximum absolute atomic E-state index is 5.87. The maximum atomic E-state index is 5.87. The fourth-order valence-corrected chi connectivity index (χ4v) is 1.54. The highest BCUT2D eigenvalue weighted by molar-refractivity contribution is 5.61. The zero-order chi connectivity index (χ0) is 12.7. The van der Waals surface area contributed by atoms with Gasteiger partial charge in [-0.2, -0.15) is 0 Å². The average Bonchev–Trinajstić information content (AvgIpc) is 2.35. The van der Waals surface area contributed by atoms with Crippen LogP contribution in [0.25, 0.3) is 0 Å². The van der Waals surface area contributed by atoms with E-state index in [2.05, 4.69) is 6.92 Å². The molecule has 0 aliphatic carbocycles. The number of nitrogen functional groups attached to an aromatic ring is 1. The number of hydrogen-bond donors (Lipinski definition) is 1. The van der Waals surface area contributed by atoms with Gasteiger partial charge in [0, 0.05) is 12.1 Å². The van der Waals surface area contributed by atoms with Crippen molar-refractivity contribution in [2.75, 3.05) is 26.6 Å². The van der Waals surface area contributed by atoms with E-state index in [1.165, 1.54) is 6.42 Å². The van der Waals surface area contributed by atoms with E-state index in [1.54, 1.807) is 26.4 Å². The van der Waals surface area contributed by atoms with Crippen LogP contribution in [0.4, 0.5) is 5.69 Å². The van der Waals surface area contributed by atoms with Crippen LogP contribution in [0.3, 0.4) is 0 Å². The van der Waals surface area contributed by atoms with Crippen molar-refractivity contribution in [2.24, 2.45) is 0 Å². The van der Waals surface area contributed by atoms with Crippen molar-refractivity contribution in [3.05, 3.63) is 12.1 Å². The molecule has 0 heterocycles. The summed E-state index contributed by atoms with van der Waals surface area (Å²) in [5.41, 5.74) is 6.44. The quantitative estimate of drug-likeness (QED) is 0.587. The van der Waals surface area contributed by atoms with Crippen LogP contribution in [-0.4, -0.2) is 20.8 Å². The van der Waals surface area contributed by atoms with Gasteiger partial charge in [-0.3, -0.25) is 0 Å². The van der Waals surface area contributed by atoms with Crippen LogP contribution in [0.2, 0.25) is 0 Å². The minimum atomic E-state index is 0.569. The lowest BCUT2D eigenvalue weighted by molar-refractivity contribution is 0.302. The predicted molar refractivity (Wildman–Crippen MR) is 69.0 cm³/mol. The second kappa shape index (κ2) is 6.89. The summed E-state index contributed by atoms with van der Waals surface area (Å²) in [5.74, 6) is 1.90.